The van der Waals surface area contributed by atoms with Crippen LogP contribution in [-0.4, -0.2) is 19.9 Å². The van der Waals surface area contributed by atoms with E-state index in [1.807, 2.05) is 0 Å². The fraction of sp³-hybridized carbons (Fsp3) is 0. The van der Waals surface area contributed by atoms with Crippen molar-refractivity contribution in [3.05, 3.63) is 21.6 Å². The Hall–Kier alpha value is -0.580. The van der Waals surface area contributed by atoms with E-state index >= 15 is 0 Å². The Morgan fingerprint density at radius 3 is 1.61 bits per heavy atom. The maximum Gasteiger partial charge on any atom is 0.157 e. The highest BCUT2D eigenvalue weighted by atomic mass is 79.9. The SMILES string of the molecule is Nc1ncc(Br)nc1SSc1nc(Br)cnc1N. The van der Waals surface area contributed by atoms with Crippen LogP contribution in [0.25, 0.3) is 0 Å². The molecule has 0 atom stereocenters. The average Bonchev–Trinajstić information content (AvgIpc) is 2.34. The average molecular weight is 410 g/mol. The summed E-state index contributed by atoms with van der Waals surface area (Å²) in [7, 11) is 2.64. The molecule has 4 N–H and O–H groups in total. The van der Waals surface area contributed by atoms with Crippen LogP contribution in [0.15, 0.2) is 31.7 Å². The van der Waals surface area contributed by atoms with Gasteiger partial charge in [-0.1, -0.05) is 0 Å². The Balaban J connectivity index is 2.16. The van der Waals surface area contributed by atoms with Gasteiger partial charge in [-0.25, -0.2) is 19.9 Å². The summed E-state index contributed by atoms with van der Waals surface area (Å²) in [4.78, 5) is 16.4. The highest BCUT2D eigenvalue weighted by molar-refractivity contribution is 9.10. The van der Waals surface area contributed by atoms with Crippen LogP contribution >= 0.6 is 53.4 Å². The molecule has 0 fully saturated rings. The molecule has 18 heavy (non-hydrogen) atoms. The van der Waals surface area contributed by atoms with Crippen molar-refractivity contribution in [1.82, 2.24) is 19.9 Å². The zero-order valence-electron chi connectivity index (χ0n) is 8.67. The molecule has 0 aromatic carbocycles. The van der Waals surface area contributed by atoms with Crippen molar-refractivity contribution in [3.63, 3.8) is 0 Å². The van der Waals surface area contributed by atoms with Gasteiger partial charge in [-0.3, -0.25) is 0 Å². The number of anilines is 2. The highest BCUT2D eigenvalue weighted by Crippen LogP contribution is 2.39. The fourth-order valence-electron chi connectivity index (χ4n) is 0.924. The molecular weight excluding hydrogens is 404 g/mol. The lowest BCUT2D eigenvalue weighted by atomic mass is 10.7. The van der Waals surface area contributed by atoms with Crippen molar-refractivity contribution in [2.45, 2.75) is 10.1 Å². The largest absolute Gasteiger partial charge is 0.381 e. The van der Waals surface area contributed by atoms with Crippen LogP contribution in [0.5, 0.6) is 0 Å². The smallest absolute Gasteiger partial charge is 0.157 e. The van der Waals surface area contributed by atoms with E-state index < -0.39 is 0 Å². The number of nitrogens with zero attached hydrogens (tertiary/aromatic N) is 4. The van der Waals surface area contributed by atoms with E-state index in [1.54, 1.807) is 0 Å². The number of nitrogen functional groups attached to an aromatic ring is 2. The molecule has 0 bridgehead atoms. The summed E-state index contributed by atoms with van der Waals surface area (Å²) < 4.78 is 1.24. The Bertz CT molecular complexity index is 530. The Morgan fingerprint density at radius 1 is 0.833 bits per heavy atom. The van der Waals surface area contributed by atoms with Crippen molar-refractivity contribution >= 4 is 65.1 Å². The molecule has 0 saturated heterocycles. The molecule has 2 rings (SSSR count). The lowest BCUT2D eigenvalue weighted by molar-refractivity contribution is 1.04. The van der Waals surface area contributed by atoms with Crippen molar-refractivity contribution in [1.29, 1.82) is 0 Å². The maximum absolute atomic E-state index is 5.72. The molecule has 2 aromatic rings. The number of aromatic nitrogens is 4. The second kappa shape index (κ2) is 6.04. The van der Waals surface area contributed by atoms with E-state index in [1.165, 1.54) is 34.0 Å². The summed E-state index contributed by atoms with van der Waals surface area (Å²) in [5, 5.41) is 1.19. The van der Waals surface area contributed by atoms with Gasteiger partial charge in [0.05, 0.1) is 12.4 Å². The minimum Gasteiger partial charge on any atom is -0.381 e. The molecule has 0 aliphatic rings. The van der Waals surface area contributed by atoms with Crippen molar-refractivity contribution in [2.24, 2.45) is 0 Å². The molecular formula is C8H6Br2N6S2. The topological polar surface area (TPSA) is 104 Å². The summed E-state index contributed by atoms with van der Waals surface area (Å²) in [5.41, 5.74) is 11.4. The van der Waals surface area contributed by atoms with E-state index in [9.17, 15) is 0 Å². The number of rotatable bonds is 3. The van der Waals surface area contributed by atoms with Gasteiger partial charge < -0.3 is 11.5 Å². The minimum absolute atomic E-state index is 0.359. The first-order valence-electron chi connectivity index (χ1n) is 4.47. The second-order valence-corrected chi connectivity index (χ2v) is 6.66. The molecule has 6 nitrogen and oxygen atoms in total. The molecule has 94 valence electrons. The van der Waals surface area contributed by atoms with Crippen LogP contribution in [0.1, 0.15) is 0 Å². The van der Waals surface area contributed by atoms with Crippen LogP contribution in [-0.2, 0) is 0 Å². The first-order chi connectivity index (χ1) is 8.56. The lowest BCUT2D eigenvalue weighted by Gasteiger charge is -2.04. The number of hydrogen-bond acceptors (Lipinski definition) is 8. The molecule has 0 aliphatic carbocycles. The van der Waals surface area contributed by atoms with E-state index in [0.29, 0.717) is 30.9 Å². The normalized spacial score (nSPS) is 10.6. The quantitative estimate of drug-likeness (QED) is 0.745. The van der Waals surface area contributed by atoms with Gasteiger partial charge in [0, 0.05) is 0 Å². The van der Waals surface area contributed by atoms with E-state index in [0.717, 1.165) is 0 Å². The molecule has 0 spiro atoms. The standard InChI is InChI=1S/C8H6Br2N6S2/c9-3-1-13-5(11)7(15-3)17-18-8-6(12)14-2-4(10)16-8/h1-2H,(H2,11,13)(H2,12,14). The molecule has 0 aliphatic heterocycles. The number of nitrogens with two attached hydrogens (primary N) is 2. The zero-order valence-corrected chi connectivity index (χ0v) is 13.5. The van der Waals surface area contributed by atoms with Crippen molar-refractivity contribution in [3.8, 4) is 0 Å². The highest BCUT2D eigenvalue weighted by Gasteiger charge is 2.10. The van der Waals surface area contributed by atoms with Gasteiger partial charge in [-0.2, -0.15) is 0 Å². The summed E-state index contributed by atoms with van der Waals surface area (Å²) in [5.74, 6) is 0.717. The Kier molecular flexibility index (Phi) is 4.65. The molecule has 10 heteroatoms. The predicted molar refractivity (Wildman–Crippen MR) is 80.0 cm³/mol. The van der Waals surface area contributed by atoms with E-state index in [-0.39, 0.29) is 0 Å². The van der Waals surface area contributed by atoms with Crippen LogP contribution in [0.2, 0.25) is 0 Å². The molecule has 2 aromatic heterocycles. The van der Waals surface area contributed by atoms with Crippen LogP contribution in [0, 0.1) is 0 Å². The molecule has 0 radical (unpaired) electrons. The van der Waals surface area contributed by atoms with E-state index in [2.05, 4.69) is 51.8 Å². The third-order valence-corrected chi connectivity index (χ3v) is 4.64. The fourth-order valence-corrected chi connectivity index (χ4v) is 3.63. The first-order valence-corrected chi connectivity index (χ1v) is 8.20. The van der Waals surface area contributed by atoms with Gasteiger partial charge in [0.1, 0.15) is 9.21 Å². The second-order valence-electron chi connectivity index (χ2n) is 2.93. The van der Waals surface area contributed by atoms with Gasteiger partial charge in [0.25, 0.3) is 0 Å². The van der Waals surface area contributed by atoms with Crippen LogP contribution < -0.4 is 11.5 Å². The van der Waals surface area contributed by atoms with Crippen LogP contribution in [0.4, 0.5) is 11.6 Å². The Morgan fingerprint density at radius 2 is 1.22 bits per heavy atom. The molecule has 0 saturated carbocycles. The summed E-state index contributed by atoms with van der Waals surface area (Å²) >= 11 is 6.47. The monoisotopic (exact) mass is 408 g/mol. The number of hydrogen-bond donors (Lipinski definition) is 2. The molecule has 0 amide bonds. The van der Waals surface area contributed by atoms with Crippen molar-refractivity contribution < 1.29 is 0 Å². The maximum atomic E-state index is 5.72. The molecule has 0 unspecified atom stereocenters. The van der Waals surface area contributed by atoms with Gasteiger partial charge in [0.15, 0.2) is 21.7 Å². The first kappa shape index (κ1) is 13.8. The predicted octanol–water partition coefficient (Wildman–Crippen LogP) is 2.76. The third kappa shape index (κ3) is 3.46. The van der Waals surface area contributed by atoms with Gasteiger partial charge in [-0.15, -0.1) is 0 Å². The summed E-state index contributed by atoms with van der Waals surface area (Å²) in [6.07, 6.45) is 3.08. The van der Waals surface area contributed by atoms with E-state index in [4.69, 9.17) is 11.5 Å². The number of halogens is 2. The molecule has 2 heterocycles. The van der Waals surface area contributed by atoms with Gasteiger partial charge in [0.2, 0.25) is 0 Å². The van der Waals surface area contributed by atoms with Crippen molar-refractivity contribution in [2.75, 3.05) is 11.5 Å². The van der Waals surface area contributed by atoms with Gasteiger partial charge >= 0.3 is 0 Å². The zero-order chi connectivity index (χ0) is 13.1. The third-order valence-electron chi connectivity index (χ3n) is 1.67. The summed E-state index contributed by atoms with van der Waals surface area (Å²) in [6.45, 7) is 0. The lowest BCUT2D eigenvalue weighted by Crippen LogP contribution is -1.97. The minimum atomic E-state index is 0.359. The Labute approximate surface area is 127 Å². The van der Waals surface area contributed by atoms with Gasteiger partial charge in [-0.05, 0) is 53.4 Å². The van der Waals surface area contributed by atoms with Crippen LogP contribution in [0.3, 0.4) is 0 Å². The summed E-state index contributed by atoms with van der Waals surface area (Å²) in [6, 6.07) is 0.